The molecule has 22 heavy (non-hydrogen) atoms. The number of esters is 1. The Bertz CT molecular complexity index is 516. The van der Waals surface area contributed by atoms with Crippen LogP contribution in [0.4, 0.5) is 0 Å². The molecule has 0 amide bonds. The van der Waals surface area contributed by atoms with Crippen LogP contribution in [0.25, 0.3) is 0 Å². The summed E-state index contributed by atoms with van der Waals surface area (Å²) in [6.07, 6.45) is 2.56. The molecule has 3 nitrogen and oxygen atoms in total. The summed E-state index contributed by atoms with van der Waals surface area (Å²) in [6.45, 7) is 8.66. The van der Waals surface area contributed by atoms with Gasteiger partial charge < -0.3 is 4.74 Å². The molecular weight excluding hydrogens is 274 g/mol. The molecule has 2 atom stereocenters. The van der Waals surface area contributed by atoms with Crippen molar-refractivity contribution in [3.8, 4) is 0 Å². The van der Waals surface area contributed by atoms with Crippen LogP contribution in [0.5, 0.6) is 0 Å². The molecule has 1 saturated carbocycles. The Labute approximate surface area is 133 Å². The molecule has 2 aliphatic rings. The van der Waals surface area contributed by atoms with Crippen molar-refractivity contribution in [3.05, 3.63) is 35.9 Å². The topological polar surface area (TPSA) is 29.5 Å². The summed E-state index contributed by atoms with van der Waals surface area (Å²) in [5.74, 6) is 1.27. The molecule has 1 saturated heterocycles. The lowest BCUT2D eigenvalue weighted by atomic mass is 9.91. The molecular formula is C19H27NO2. The molecule has 2 fully saturated rings. The van der Waals surface area contributed by atoms with E-state index in [1.54, 1.807) is 0 Å². The summed E-state index contributed by atoms with van der Waals surface area (Å²) in [7, 11) is 0. The zero-order valence-electron chi connectivity index (χ0n) is 13.9. The van der Waals surface area contributed by atoms with Crippen molar-refractivity contribution in [2.75, 3.05) is 13.1 Å². The minimum Gasteiger partial charge on any atom is -0.460 e. The van der Waals surface area contributed by atoms with Gasteiger partial charge in [-0.25, -0.2) is 0 Å². The number of carbonyl (C=O) groups excluding carboxylic acids is 1. The second-order valence-corrected chi connectivity index (χ2v) is 7.82. The van der Waals surface area contributed by atoms with Gasteiger partial charge in [0.1, 0.15) is 5.60 Å². The second-order valence-electron chi connectivity index (χ2n) is 7.82. The first-order valence-corrected chi connectivity index (χ1v) is 8.41. The maximum atomic E-state index is 12.6. The van der Waals surface area contributed by atoms with Gasteiger partial charge in [-0.15, -0.1) is 0 Å². The third-order valence-electron chi connectivity index (χ3n) is 4.63. The van der Waals surface area contributed by atoms with E-state index in [0.717, 1.165) is 25.6 Å². The number of rotatable bonds is 4. The predicted molar refractivity (Wildman–Crippen MR) is 87.3 cm³/mol. The highest BCUT2D eigenvalue weighted by atomic mass is 16.6. The number of hydrogen-bond donors (Lipinski definition) is 0. The highest BCUT2D eigenvalue weighted by Crippen LogP contribution is 2.44. The molecule has 1 aliphatic carbocycles. The quantitative estimate of drug-likeness (QED) is 0.797. The minimum atomic E-state index is -0.391. The Hall–Kier alpha value is -1.35. The van der Waals surface area contributed by atoms with Crippen molar-refractivity contribution in [1.82, 2.24) is 4.90 Å². The zero-order chi connectivity index (χ0) is 15.7. The minimum absolute atomic E-state index is 0.0000355. The third-order valence-corrected chi connectivity index (χ3v) is 4.63. The molecule has 120 valence electrons. The summed E-state index contributed by atoms with van der Waals surface area (Å²) in [4.78, 5) is 15.0. The first kappa shape index (κ1) is 15.5. The summed E-state index contributed by atoms with van der Waals surface area (Å²) in [6, 6.07) is 10.5. The van der Waals surface area contributed by atoms with Crippen LogP contribution in [0, 0.1) is 17.8 Å². The van der Waals surface area contributed by atoms with Crippen molar-refractivity contribution in [2.24, 2.45) is 17.8 Å². The highest BCUT2D eigenvalue weighted by molar-refractivity contribution is 5.74. The molecule has 0 radical (unpaired) electrons. The maximum Gasteiger partial charge on any atom is 0.311 e. The molecule has 1 aromatic carbocycles. The fraction of sp³-hybridized carbons (Fsp3) is 0.632. The van der Waals surface area contributed by atoms with E-state index in [1.807, 2.05) is 26.8 Å². The highest BCUT2D eigenvalue weighted by Gasteiger charge is 2.46. The molecule has 0 N–H and O–H groups in total. The zero-order valence-corrected chi connectivity index (χ0v) is 13.9. The van der Waals surface area contributed by atoms with Gasteiger partial charge in [0.2, 0.25) is 0 Å². The molecule has 1 heterocycles. The van der Waals surface area contributed by atoms with Crippen LogP contribution in [0.1, 0.15) is 39.2 Å². The standard InChI is InChI=1S/C19H27NO2/c1-19(2,3)22-18(21)17-13-20(12-16(17)15-9-10-15)11-14-7-5-4-6-8-14/h4-8,15-17H,9-13H2,1-3H3/t16-,17+/m1/s1. The van der Waals surface area contributed by atoms with Crippen LogP contribution in [0.15, 0.2) is 30.3 Å². The molecule has 3 heteroatoms. The Kier molecular flexibility index (Phi) is 4.26. The van der Waals surface area contributed by atoms with Crippen LogP contribution < -0.4 is 0 Å². The normalized spacial score (nSPS) is 26.1. The Morgan fingerprint density at radius 3 is 2.45 bits per heavy atom. The lowest BCUT2D eigenvalue weighted by molar-refractivity contribution is -0.161. The molecule has 1 aliphatic heterocycles. The fourth-order valence-corrected chi connectivity index (χ4v) is 3.51. The van der Waals surface area contributed by atoms with Gasteiger partial charge >= 0.3 is 5.97 Å². The van der Waals surface area contributed by atoms with E-state index in [4.69, 9.17) is 4.74 Å². The van der Waals surface area contributed by atoms with Gasteiger partial charge in [0, 0.05) is 19.6 Å². The smallest absolute Gasteiger partial charge is 0.311 e. The van der Waals surface area contributed by atoms with Gasteiger partial charge in [-0.1, -0.05) is 30.3 Å². The number of likely N-dealkylation sites (tertiary alicyclic amines) is 1. The Balaban J connectivity index is 1.66. The van der Waals surface area contributed by atoms with Crippen LogP contribution >= 0.6 is 0 Å². The number of hydrogen-bond acceptors (Lipinski definition) is 3. The number of benzene rings is 1. The van der Waals surface area contributed by atoms with Crippen molar-refractivity contribution >= 4 is 5.97 Å². The van der Waals surface area contributed by atoms with Crippen molar-refractivity contribution in [3.63, 3.8) is 0 Å². The lowest BCUT2D eigenvalue weighted by Crippen LogP contribution is -2.33. The van der Waals surface area contributed by atoms with Crippen LogP contribution in [0.2, 0.25) is 0 Å². The molecule has 0 spiro atoms. The van der Waals surface area contributed by atoms with E-state index < -0.39 is 5.60 Å². The summed E-state index contributed by atoms with van der Waals surface area (Å²) < 4.78 is 5.66. The van der Waals surface area contributed by atoms with E-state index >= 15 is 0 Å². The average molecular weight is 301 g/mol. The molecule has 0 aromatic heterocycles. The second kappa shape index (κ2) is 6.04. The summed E-state index contributed by atoms with van der Waals surface area (Å²) in [5, 5.41) is 0. The summed E-state index contributed by atoms with van der Waals surface area (Å²) in [5.41, 5.74) is 0.930. The third kappa shape index (κ3) is 3.89. The van der Waals surface area contributed by atoms with Crippen molar-refractivity contribution < 1.29 is 9.53 Å². The summed E-state index contributed by atoms with van der Waals surface area (Å²) >= 11 is 0. The molecule has 0 bridgehead atoms. The van der Waals surface area contributed by atoms with Gasteiger partial charge in [-0.3, -0.25) is 9.69 Å². The van der Waals surface area contributed by atoms with Gasteiger partial charge in [0.15, 0.2) is 0 Å². The Morgan fingerprint density at radius 1 is 1.18 bits per heavy atom. The largest absolute Gasteiger partial charge is 0.460 e. The number of nitrogens with zero attached hydrogens (tertiary/aromatic N) is 1. The van der Waals surface area contributed by atoms with Crippen LogP contribution in [0.3, 0.4) is 0 Å². The van der Waals surface area contributed by atoms with Crippen LogP contribution in [-0.2, 0) is 16.1 Å². The predicted octanol–water partition coefficient (Wildman–Crippen LogP) is 3.49. The van der Waals surface area contributed by atoms with Crippen molar-refractivity contribution in [2.45, 2.75) is 45.8 Å². The van der Waals surface area contributed by atoms with Crippen LogP contribution in [-0.4, -0.2) is 29.6 Å². The van der Waals surface area contributed by atoms with Gasteiger partial charge in [-0.05, 0) is 51.0 Å². The molecule has 0 unspecified atom stereocenters. The van der Waals surface area contributed by atoms with Gasteiger partial charge in [0.25, 0.3) is 0 Å². The van der Waals surface area contributed by atoms with Gasteiger partial charge in [-0.2, -0.15) is 0 Å². The fourth-order valence-electron chi connectivity index (χ4n) is 3.51. The van der Waals surface area contributed by atoms with E-state index in [0.29, 0.717) is 5.92 Å². The first-order valence-electron chi connectivity index (χ1n) is 8.41. The first-order chi connectivity index (χ1) is 10.4. The molecule has 1 aromatic rings. The van der Waals surface area contributed by atoms with E-state index in [2.05, 4.69) is 29.2 Å². The Morgan fingerprint density at radius 2 is 1.86 bits per heavy atom. The van der Waals surface area contributed by atoms with Crippen molar-refractivity contribution in [1.29, 1.82) is 0 Å². The van der Waals surface area contributed by atoms with E-state index in [-0.39, 0.29) is 11.9 Å². The van der Waals surface area contributed by atoms with E-state index in [1.165, 1.54) is 18.4 Å². The number of carbonyl (C=O) groups is 1. The lowest BCUT2D eigenvalue weighted by Gasteiger charge is -2.24. The van der Waals surface area contributed by atoms with Gasteiger partial charge in [0.05, 0.1) is 5.92 Å². The number of ether oxygens (including phenoxy) is 1. The monoisotopic (exact) mass is 301 g/mol. The molecule has 3 rings (SSSR count). The maximum absolute atomic E-state index is 12.6. The van der Waals surface area contributed by atoms with E-state index in [9.17, 15) is 4.79 Å². The average Bonchev–Trinajstić information content (AvgIpc) is 3.19. The SMILES string of the molecule is CC(C)(C)OC(=O)[C@H]1CN(Cc2ccccc2)C[C@@H]1C1CC1.